The molecule has 0 amide bonds. The second kappa shape index (κ2) is 9.05. The normalized spacial score (nSPS) is 20.1. The number of ether oxygens (including phenoxy) is 1. The van der Waals surface area contributed by atoms with E-state index in [-0.39, 0.29) is 0 Å². The minimum Gasteiger partial charge on any atom is -0.480 e. The van der Waals surface area contributed by atoms with Crippen LogP contribution in [0.5, 0.6) is 5.88 Å². The van der Waals surface area contributed by atoms with Crippen LogP contribution < -0.4 is 15.0 Å². The molecule has 2 aliphatic rings. The lowest BCUT2D eigenvalue weighted by Gasteiger charge is -2.36. The third kappa shape index (κ3) is 5.01. The smallest absolute Gasteiger partial charge is 0.232 e. The van der Waals surface area contributed by atoms with E-state index >= 15 is 0 Å². The Morgan fingerprint density at radius 1 is 1.33 bits per heavy atom. The second-order valence-electron chi connectivity index (χ2n) is 7.10. The highest BCUT2D eigenvalue weighted by Gasteiger charge is 2.31. The number of guanidine groups is 1. The van der Waals surface area contributed by atoms with Crippen molar-refractivity contribution in [3.63, 3.8) is 0 Å². The molecule has 0 atom stereocenters. The van der Waals surface area contributed by atoms with Gasteiger partial charge in [-0.15, -0.1) is 0 Å². The zero-order valence-corrected chi connectivity index (χ0v) is 17.7. The number of piperazine rings is 1. The third-order valence-electron chi connectivity index (χ3n) is 5.15. The maximum atomic E-state index is 10.6. The molecule has 0 bridgehead atoms. The molecule has 2 N–H and O–H groups in total. The molecule has 0 spiro atoms. The van der Waals surface area contributed by atoms with Crippen LogP contribution in [0.1, 0.15) is 32.6 Å². The van der Waals surface area contributed by atoms with Gasteiger partial charge in [0.15, 0.2) is 5.96 Å². The van der Waals surface area contributed by atoms with Crippen LogP contribution in [0.2, 0.25) is 0 Å². The number of rotatable bonds is 5. The molecular weight excluding hydrogens is 412 g/mol. The summed E-state index contributed by atoms with van der Waals surface area (Å²) in [5.74, 6) is 2.10. The van der Waals surface area contributed by atoms with Crippen LogP contribution >= 0.6 is 15.9 Å². The molecule has 1 saturated carbocycles. The largest absolute Gasteiger partial charge is 0.480 e. The number of nitrogens with zero attached hydrogens (tertiary/aromatic N) is 5. The van der Waals surface area contributed by atoms with Crippen molar-refractivity contribution < 1.29 is 9.84 Å². The number of anilines is 1. The Balaban J connectivity index is 1.62. The molecule has 0 radical (unpaired) electrons. The second-order valence-corrected chi connectivity index (χ2v) is 7.96. The van der Waals surface area contributed by atoms with Gasteiger partial charge in [-0.3, -0.25) is 4.99 Å². The minimum atomic E-state index is -0.621. The summed E-state index contributed by atoms with van der Waals surface area (Å²) in [6.07, 6.45) is 5.62. The fraction of sp³-hybridized carbons (Fsp3) is 0.722. The molecule has 1 saturated heterocycles. The first-order valence-corrected chi connectivity index (χ1v) is 10.4. The average molecular weight is 441 g/mol. The van der Waals surface area contributed by atoms with E-state index in [0.29, 0.717) is 18.4 Å². The van der Waals surface area contributed by atoms with Crippen molar-refractivity contribution in [1.82, 2.24) is 20.2 Å². The highest BCUT2D eigenvalue weighted by molar-refractivity contribution is 9.10. The van der Waals surface area contributed by atoms with E-state index in [0.717, 1.165) is 68.8 Å². The van der Waals surface area contributed by atoms with E-state index in [2.05, 4.69) is 47.9 Å². The SMILES string of the molecule is CCNC(=NCC1(O)CCCC1)N1CCN(c2ncc(Br)c(OC)n2)CC1. The van der Waals surface area contributed by atoms with Crippen LogP contribution in [-0.2, 0) is 0 Å². The summed E-state index contributed by atoms with van der Waals surface area (Å²) in [6, 6.07) is 0. The molecule has 150 valence electrons. The monoisotopic (exact) mass is 440 g/mol. The van der Waals surface area contributed by atoms with E-state index in [1.165, 1.54) is 0 Å². The van der Waals surface area contributed by atoms with Crippen molar-refractivity contribution in [1.29, 1.82) is 0 Å². The highest BCUT2D eigenvalue weighted by Crippen LogP contribution is 2.29. The molecule has 2 heterocycles. The molecule has 1 aliphatic carbocycles. The van der Waals surface area contributed by atoms with Gasteiger partial charge in [0, 0.05) is 32.7 Å². The Kier molecular flexibility index (Phi) is 6.75. The van der Waals surface area contributed by atoms with Crippen LogP contribution in [0.25, 0.3) is 0 Å². The summed E-state index contributed by atoms with van der Waals surface area (Å²) in [4.78, 5) is 18.0. The first-order chi connectivity index (χ1) is 13.0. The van der Waals surface area contributed by atoms with Gasteiger partial charge in [-0.2, -0.15) is 4.98 Å². The third-order valence-corrected chi connectivity index (χ3v) is 5.69. The molecule has 8 nitrogen and oxygen atoms in total. The molecule has 3 rings (SSSR count). The van der Waals surface area contributed by atoms with E-state index in [9.17, 15) is 5.11 Å². The van der Waals surface area contributed by atoms with Gasteiger partial charge in [0.1, 0.15) is 0 Å². The Bertz CT molecular complexity index is 657. The predicted octanol–water partition coefficient (Wildman–Crippen LogP) is 1.64. The number of hydrogen-bond acceptors (Lipinski definition) is 6. The Hall–Kier alpha value is -1.61. The molecule has 0 unspecified atom stereocenters. The van der Waals surface area contributed by atoms with E-state index in [1.807, 2.05) is 0 Å². The highest BCUT2D eigenvalue weighted by atomic mass is 79.9. The van der Waals surface area contributed by atoms with Crippen molar-refractivity contribution in [2.24, 2.45) is 4.99 Å². The van der Waals surface area contributed by atoms with Gasteiger partial charge < -0.3 is 25.0 Å². The molecule has 1 aliphatic heterocycles. The van der Waals surface area contributed by atoms with Crippen molar-refractivity contribution in [3.8, 4) is 5.88 Å². The van der Waals surface area contributed by atoms with E-state index in [4.69, 9.17) is 9.73 Å². The molecule has 0 aromatic carbocycles. The maximum absolute atomic E-state index is 10.6. The molecule has 1 aromatic rings. The lowest BCUT2D eigenvalue weighted by Crippen LogP contribution is -2.53. The van der Waals surface area contributed by atoms with Gasteiger partial charge in [0.2, 0.25) is 11.8 Å². The lowest BCUT2D eigenvalue weighted by molar-refractivity contribution is 0.0571. The van der Waals surface area contributed by atoms with Crippen LogP contribution in [0, 0.1) is 0 Å². The van der Waals surface area contributed by atoms with Crippen molar-refractivity contribution in [2.45, 2.75) is 38.2 Å². The zero-order valence-electron chi connectivity index (χ0n) is 16.1. The first-order valence-electron chi connectivity index (χ1n) is 9.62. The Morgan fingerprint density at radius 3 is 2.67 bits per heavy atom. The summed E-state index contributed by atoms with van der Waals surface area (Å²) in [5, 5.41) is 13.9. The van der Waals surface area contributed by atoms with Crippen molar-refractivity contribution in [2.75, 3.05) is 51.3 Å². The minimum absolute atomic E-state index is 0.475. The van der Waals surface area contributed by atoms with Gasteiger partial charge in [-0.05, 0) is 35.7 Å². The summed E-state index contributed by atoms with van der Waals surface area (Å²) >= 11 is 3.39. The number of nitrogens with one attached hydrogen (secondary N) is 1. The Morgan fingerprint density at radius 2 is 2.04 bits per heavy atom. The number of halogens is 1. The van der Waals surface area contributed by atoms with Crippen LogP contribution in [-0.4, -0.2) is 77.9 Å². The number of aliphatic hydroxyl groups is 1. The molecule has 9 heteroatoms. The number of aromatic nitrogens is 2. The molecule has 2 fully saturated rings. The predicted molar refractivity (Wildman–Crippen MR) is 109 cm³/mol. The zero-order chi connectivity index (χ0) is 19.3. The van der Waals surface area contributed by atoms with E-state index in [1.54, 1.807) is 13.3 Å². The molecular formula is C18H29BrN6O2. The van der Waals surface area contributed by atoms with Crippen LogP contribution in [0.3, 0.4) is 0 Å². The summed E-state index contributed by atoms with van der Waals surface area (Å²) < 4.78 is 6.02. The van der Waals surface area contributed by atoms with Gasteiger partial charge in [0.05, 0.1) is 29.9 Å². The van der Waals surface area contributed by atoms with E-state index < -0.39 is 5.60 Å². The standard InChI is InChI=1S/C18H29BrN6O2/c1-3-20-16(22-13-18(26)6-4-5-7-18)24-8-10-25(11-9-24)17-21-12-14(19)15(23-17)27-2/h12,26H,3-11,13H2,1-2H3,(H,20,22). The number of hydrogen-bond donors (Lipinski definition) is 2. The van der Waals surface area contributed by atoms with Crippen molar-refractivity contribution in [3.05, 3.63) is 10.7 Å². The summed E-state index contributed by atoms with van der Waals surface area (Å²) in [7, 11) is 1.60. The topological polar surface area (TPSA) is 86.1 Å². The van der Waals surface area contributed by atoms with Crippen LogP contribution in [0.4, 0.5) is 5.95 Å². The van der Waals surface area contributed by atoms with Gasteiger partial charge in [-0.25, -0.2) is 4.98 Å². The molecule has 1 aromatic heterocycles. The number of methoxy groups -OCH3 is 1. The van der Waals surface area contributed by atoms with Gasteiger partial charge in [0.25, 0.3) is 0 Å². The van der Waals surface area contributed by atoms with Crippen molar-refractivity contribution >= 4 is 27.8 Å². The lowest BCUT2D eigenvalue weighted by atomic mass is 10.0. The number of aliphatic imine (C=N–C) groups is 1. The average Bonchev–Trinajstić information content (AvgIpc) is 3.12. The summed E-state index contributed by atoms with van der Waals surface area (Å²) in [5.41, 5.74) is -0.621. The van der Waals surface area contributed by atoms with Gasteiger partial charge >= 0.3 is 0 Å². The van der Waals surface area contributed by atoms with Gasteiger partial charge in [-0.1, -0.05) is 12.8 Å². The molecule has 27 heavy (non-hydrogen) atoms. The fourth-order valence-electron chi connectivity index (χ4n) is 3.60. The summed E-state index contributed by atoms with van der Waals surface area (Å²) in [6.45, 7) is 6.61. The first kappa shape index (κ1) is 20.1. The fourth-order valence-corrected chi connectivity index (χ4v) is 3.95. The van der Waals surface area contributed by atoms with Crippen LogP contribution in [0.15, 0.2) is 15.7 Å². The maximum Gasteiger partial charge on any atom is 0.232 e. The quantitative estimate of drug-likeness (QED) is 0.531. The Labute approximate surface area is 169 Å².